The van der Waals surface area contributed by atoms with Crippen LogP contribution >= 0.6 is 0 Å². The molecule has 0 unspecified atom stereocenters. The molecule has 368 valence electrons. The van der Waals surface area contributed by atoms with Crippen molar-refractivity contribution in [2.24, 2.45) is 0 Å². The van der Waals surface area contributed by atoms with E-state index in [-0.39, 0.29) is 29.5 Å². The average Bonchev–Trinajstić information content (AvgIpc) is 4.10. The van der Waals surface area contributed by atoms with Crippen molar-refractivity contribution in [1.29, 1.82) is 0 Å². The lowest BCUT2D eigenvalue weighted by Gasteiger charge is -2.26. The monoisotopic (exact) mass is 958 g/mol. The highest BCUT2D eigenvalue weighted by Gasteiger charge is 2.13. The van der Waals surface area contributed by atoms with Gasteiger partial charge in [0.1, 0.15) is 0 Å². The van der Waals surface area contributed by atoms with Gasteiger partial charge < -0.3 is 25.5 Å². The minimum atomic E-state index is -0.232. The summed E-state index contributed by atoms with van der Waals surface area (Å²) in [5.74, 6) is -0.123. The molecule has 71 heavy (non-hydrogen) atoms. The number of carbonyl (C=O) groups is 2. The van der Waals surface area contributed by atoms with Crippen LogP contribution in [0, 0.1) is 0 Å². The van der Waals surface area contributed by atoms with Crippen molar-refractivity contribution in [3.8, 4) is 22.5 Å². The number of likely N-dealkylation sites (tertiary alicyclic amines) is 2. The van der Waals surface area contributed by atoms with E-state index in [0.29, 0.717) is 42.1 Å². The van der Waals surface area contributed by atoms with Crippen LogP contribution in [0.5, 0.6) is 0 Å². The van der Waals surface area contributed by atoms with Crippen LogP contribution in [0.2, 0.25) is 0 Å². The SMILES string of the molecule is O=C(NCCCN1CCCCC1)c1ccc(-c2ccc(=O)[nH]n2)cc1.O=C(NCCCN1CCCCC1)c1ccc(-c2ccc(=O)n(Cc3ccc4[nH]ncc4c3)n2)cc1.OCc1ccc2[nH]ncc2c1. The maximum Gasteiger partial charge on any atom is 0.267 e. The number of rotatable bonds is 15. The van der Waals surface area contributed by atoms with Crippen molar-refractivity contribution in [1.82, 2.24) is 60.8 Å². The average molecular weight is 959 g/mol. The van der Waals surface area contributed by atoms with Crippen LogP contribution in [0.3, 0.4) is 0 Å². The summed E-state index contributed by atoms with van der Waals surface area (Å²) in [4.78, 5) is 53.1. The number of aromatic amines is 3. The molecule has 0 aliphatic carbocycles. The maximum atomic E-state index is 12.5. The summed E-state index contributed by atoms with van der Waals surface area (Å²) in [5.41, 5.74) is 7.76. The van der Waals surface area contributed by atoms with Crippen LogP contribution < -0.4 is 21.8 Å². The first kappa shape index (κ1) is 49.8. The summed E-state index contributed by atoms with van der Waals surface area (Å²) in [6.07, 6.45) is 13.3. The molecule has 2 amide bonds. The number of nitrogens with one attached hydrogen (secondary N) is 5. The van der Waals surface area contributed by atoms with Gasteiger partial charge in [-0.05, 0) is 150 Å². The molecule has 2 aliphatic rings. The highest BCUT2D eigenvalue weighted by atomic mass is 16.3. The Labute approximate surface area is 411 Å². The zero-order valence-electron chi connectivity index (χ0n) is 40.0. The van der Waals surface area contributed by atoms with Crippen molar-refractivity contribution in [3.05, 3.63) is 165 Å². The highest BCUT2D eigenvalue weighted by molar-refractivity contribution is 5.95. The number of hydrogen-bond donors (Lipinski definition) is 6. The summed E-state index contributed by atoms with van der Waals surface area (Å²) >= 11 is 0. The Morgan fingerprint density at radius 1 is 0.563 bits per heavy atom. The number of benzene rings is 4. The molecule has 4 aromatic carbocycles. The molecule has 2 aliphatic heterocycles. The third kappa shape index (κ3) is 14.5. The Bertz CT molecular complexity index is 3060. The molecule has 17 nitrogen and oxygen atoms in total. The Morgan fingerprint density at radius 2 is 1.07 bits per heavy atom. The van der Waals surface area contributed by atoms with Gasteiger partial charge in [0.2, 0.25) is 0 Å². The van der Waals surface area contributed by atoms with Crippen LogP contribution in [0.4, 0.5) is 0 Å². The number of aromatic nitrogens is 8. The fraction of sp³-hybridized carbons (Fsp3) is 0.333. The van der Waals surface area contributed by atoms with Gasteiger partial charge in [-0.2, -0.15) is 20.4 Å². The van der Waals surface area contributed by atoms with Crippen molar-refractivity contribution < 1.29 is 14.7 Å². The Kier molecular flexibility index (Phi) is 17.8. The van der Waals surface area contributed by atoms with Crippen LogP contribution in [0.1, 0.15) is 83.2 Å². The molecule has 2 fully saturated rings. The lowest BCUT2D eigenvalue weighted by Crippen LogP contribution is -2.33. The van der Waals surface area contributed by atoms with Crippen LogP contribution in [0.25, 0.3) is 44.3 Å². The van der Waals surface area contributed by atoms with Gasteiger partial charge in [0.05, 0.1) is 48.0 Å². The number of fused-ring (bicyclic) bond motifs is 2. The number of hydrogen-bond acceptors (Lipinski definition) is 11. The molecule has 0 spiro atoms. The van der Waals surface area contributed by atoms with E-state index in [0.717, 1.165) is 70.0 Å². The Balaban J connectivity index is 0.000000162. The van der Waals surface area contributed by atoms with Gasteiger partial charge in [-0.15, -0.1) is 0 Å². The van der Waals surface area contributed by atoms with Crippen molar-refractivity contribution >= 4 is 33.6 Å². The van der Waals surface area contributed by atoms with Crippen LogP contribution in [-0.2, 0) is 13.2 Å². The maximum absolute atomic E-state index is 12.5. The van der Waals surface area contributed by atoms with Gasteiger partial charge in [-0.25, -0.2) is 9.78 Å². The van der Waals surface area contributed by atoms with E-state index >= 15 is 0 Å². The van der Waals surface area contributed by atoms with Crippen LogP contribution in [0.15, 0.2) is 131 Å². The van der Waals surface area contributed by atoms with Gasteiger partial charge >= 0.3 is 0 Å². The lowest BCUT2D eigenvalue weighted by molar-refractivity contribution is 0.0943. The van der Waals surface area contributed by atoms with Crippen molar-refractivity contribution in [2.75, 3.05) is 52.4 Å². The molecule has 0 bridgehead atoms. The summed E-state index contributed by atoms with van der Waals surface area (Å²) in [7, 11) is 0. The Morgan fingerprint density at radius 3 is 1.59 bits per heavy atom. The predicted octanol–water partition coefficient (Wildman–Crippen LogP) is 6.54. The van der Waals surface area contributed by atoms with Crippen LogP contribution in [-0.4, -0.2) is 119 Å². The normalized spacial score (nSPS) is 14.0. The first-order chi connectivity index (χ1) is 34.8. The lowest BCUT2D eigenvalue weighted by atomic mass is 10.1. The number of amides is 2. The van der Waals surface area contributed by atoms with E-state index in [1.54, 1.807) is 48.8 Å². The topological polar surface area (TPSA) is 223 Å². The quantitative estimate of drug-likeness (QED) is 0.0606. The predicted molar refractivity (Wildman–Crippen MR) is 276 cm³/mol. The number of carbonyl (C=O) groups excluding carboxylic acids is 2. The molecule has 4 aromatic heterocycles. The number of aliphatic hydroxyl groups excluding tert-OH is 1. The molecule has 2 saturated heterocycles. The molecular weight excluding hydrogens is 897 g/mol. The van der Waals surface area contributed by atoms with Gasteiger partial charge in [-0.3, -0.25) is 29.4 Å². The van der Waals surface area contributed by atoms with E-state index < -0.39 is 0 Å². The van der Waals surface area contributed by atoms with Gasteiger partial charge in [-0.1, -0.05) is 49.2 Å². The molecule has 17 heteroatoms. The molecule has 10 rings (SSSR count). The molecular formula is C54H62N12O5. The molecule has 0 saturated carbocycles. The largest absolute Gasteiger partial charge is 0.392 e. The summed E-state index contributed by atoms with van der Waals surface area (Å²) in [6, 6.07) is 32.5. The van der Waals surface area contributed by atoms with Gasteiger partial charge in [0.15, 0.2) is 0 Å². The minimum Gasteiger partial charge on any atom is -0.392 e. The fourth-order valence-electron chi connectivity index (χ4n) is 8.74. The molecule has 0 radical (unpaired) electrons. The van der Waals surface area contributed by atoms with Gasteiger partial charge in [0, 0.05) is 58.2 Å². The molecule has 6 N–H and O–H groups in total. The standard InChI is InChI=1S/C27H30N6O2.C19H24N4O2.C8H8N2O/c34-26-12-11-25(31-33(26)19-20-5-10-24-23(17-20)18-29-30-24)21-6-8-22(9-7-21)27(35)28-13-4-16-32-14-2-1-3-15-32;24-18-10-9-17(21-22-18)15-5-7-16(8-6-15)19(25)20-11-4-14-23-12-2-1-3-13-23;11-5-6-1-2-8-7(3-6)4-9-10-8/h5-12,17-18H,1-4,13-16,19H2,(H,28,35)(H,29,30);5-10H,1-4,11-14H2,(H,20,25)(H,22,24);1-4,11H,5H2,(H,9,10). The van der Waals surface area contributed by atoms with Gasteiger partial charge in [0.25, 0.3) is 22.9 Å². The minimum absolute atomic E-state index is 0.0559. The molecule has 6 heterocycles. The number of aliphatic hydroxyl groups is 1. The highest BCUT2D eigenvalue weighted by Crippen LogP contribution is 2.19. The second-order valence-corrected chi connectivity index (χ2v) is 17.9. The molecule has 8 aromatic rings. The third-order valence-corrected chi connectivity index (χ3v) is 12.7. The van der Waals surface area contributed by atoms with E-state index in [1.165, 1.54) is 81.5 Å². The first-order valence-corrected chi connectivity index (χ1v) is 24.6. The fourth-order valence-corrected chi connectivity index (χ4v) is 8.74. The second kappa shape index (κ2) is 25.3. The first-order valence-electron chi connectivity index (χ1n) is 24.6. The van der Waals surface area contributed by atoms with E-state index in [4.69, 9.17) is 5.11 Å². The van der Waals surface area contributed by atoms with E-state index in [1.807, 2.05) is 60.7 Å². The Hall–Kier alpha value is -7.60. The van der Waals surface area contributed by atoms with Crippen molar-refractivity contribution in [3.63, 3.8) is 0 Å². The number of H-pyrrole nitrogens is 3. The zero-order valence-corrected chi connectivity index (χ0v) is 40.0. The molecule has 0 atom stereocenters. The summed E-state index contributed by atoms with van der Waals surface area (Å²) < 4.78 is 1.46. The summed E-state index contributed by atoms with van der Waals surface area (Å²) in [5, 5.41) is 41.5. The van der Waals surface area contributed by atoms with E-state index in [9.17, 15) is 19.2 Å². The van der Waals surface area contributed by atoms with E-state index in [2.05, 4.69) is 56.1 Å². The number of nitrogens with zero attached hydrogens (tertiary/aromatic N) is 7. The number of piperidine rings is 2. The summed E-state index contributed by atoms with van der Waals surface area (Å²) in [6.45, 7) is 8.64. The second-order valence-electron chi connectivity index (χ2n) is 17.9. The smallest absolute Gasteiger partial charge is 0.267 e. The van der Waals surface area contributed by atoms with Crippen molar-refractivity contribution in [2.45, 2.75) is 64.5 Å². The zero-order chi connectivity index (χ0) is 49.2. The third-order valence-electron chi connectivity index (χ3n) is 12.7.